The quantitative estimate of drug-likeness (QED) is 0.343. The molecule has 11 unspecified atom stereocenters. The fraction of sp³-hybridized carbons (Fsp3) is 0.744. The average Bonchev–Trinajstić information content (AvgIpc) is 3.52. The van der Waals surface area contributed by atoms with Crippen molar-refractivity contribution in [2.75, 3.05) is 70.5 Å². The lowest BCUT2D eigenvalue weighted by atomic mass is 9.67. The smallest absolute Gasteiger partial charge is 0.259 e. The zero-order valence-electron chi connectivity index (χ0n) is 29.3. The van der Waals surface area contributed by atoms with Gasteiger partial charge >= 0.3 is 0 Å². The number of nitrogens with one attached hydrogen (secondary N) is 1. The van der Waals surface area contributed by atoms with Crippen molar-refractivity contribution in [3.63, 3.8) is 0 Å². The van der Waals surface area contributed by atoms with E-state index in [2.05, 4.69) is 32.1 Å². The van der Waals surface area contributed by atoms with E-state index >= 15 is 4.39 Å². The lowest BCUT2D eigenvalue weighted by Gasteiger charge is -2.60. The van der Waals surface area contributed by atoms with E-state index in [1.165, 1.54) is 19.3 Å². The van der Waals surface area contributed by atoms with Crippen LogP contribution in [-0.4, -0.2) is 141 Å². The first-order valence-corrected chi connectivity index (χ1v) is 19.6. The highest BCUT2D eigenvalue weighted by Crippen LogP contribution is 2.52. The van der Waals surface area contributed by atoms with Crippen molar-refractivity contribution in [3.05, 3.63) is 42.1 Å². The van der Waals surface area contributed by atoms with Gasteiger partial charge in [-0.25, -0.2) is 4.39 Å². The predicted octanol–water partition coefficient (Wildman–Crippen LogP) is 3.01. The van der Waals surface area contributed by atoms with Gasteiger partial charge in [0.1, 0.15) is 6.17 Å². The maximum Gasteiger partial charge on any atom is 0.259 e. The second-order valence-electron chi connectivity index (χ2n) is 16.1. The third-order valence-electron chi connectivity index (χ3n) is 13.5. The Bertz CT molecular complexity index is 1420. The molecule has 1 N–H and O–H groups in total. The molecule has 0 bridgehead atoms. The molecule has 0 aromatic heterocycles. The van der Waals surface area contributed by atoms with E-state index in [1.807, 2.05) is 29.3 Å². The summed E-state index contributed by atoms with van der Waals surface area (Å²) in [5, 5.41) is 3.58. The molecular formula is C39H54FN5O5. The number of carbonyl (C=O) groups excluding carboxylic acids is 2. The van der Waals surface area contributed by atoms with Crippen molar-refractivity contribution in [1.82, 2.24) is 20.0 Å². The molecule has 5 heterocycles. The number of hydrogen-bond acceptors (Lipinski definition) is 9. The highest BCUT2D eigenvalue weighted by Gasteiger charge is 2.61. The van der Waals surface area contributed by atoms with Gasteiger partial charge in [-0.05, 0) is 75.6 Å². The van der Waals surface area contributed by atoms with Gasteiger partial charge in [0.15, 0.2) is 5.78 Å². The number of anilines is 1. The predicted molar refractivity (Wildman–Crippen MR) is 186 cm³/mol. The molecule has 272 valence electrons. The summed E-state index contributed by atoms with van der Waals surface area (Å²) in [5.41, 5.74) is 1.37. The van der Waals surface area contributed by atoms with Crippen LogP contribution in [0.2, 0.25) is 0 Å². The van der Waals surface area contributed by atoms with Gasteiger partial charge in [-0.15, -0.1) is 0 Å². The van der Waals surface area contributed by atoms with Gasteiger partial charge < -0.3 is 34.2 Å². The molecule has 11 atom stereocenters. The summed E-state index contributed by atoms with van der Waals surface area (Å²) in [6, 6.07) is 9.48. The first kappa shape index (κ1) is 33.3. The van der Waals surface area contributed by atoms with Crippen LogP contribution in [0.5, 0.6) is 0 Å². The Morgan fingerprint density at radius 2 is 1.68 bits per heavy atom. The lowest BCUT2D eigenvalue weighted by molar-refractivity contribution is -0.209. The Morgan fingerprint density at radius 1 is 0.880 bits per heavy atom. The number of Topliss-reactive ketones (excluding diaryl/α,β-unsaturated/α-hetero) is 1. The zero-order chi connectivity index (χ0) is 33.8. The maximum atomic E-state index is 16.4. The minimum Gasteiger partial charge on any atom is -0.379 e. The number of hydrogen-bond donors (Lipinski definition) is 1. The number of halogens is 1. The molecule has 1 amide bonds. The van der Waals surface area contributed by atoms with Crippen molar-refractivity contribution in [1.29, 1.82) is 0 Å². The average molecular weight is 692 g/mol. The summed E-state index contributed by atoms with van der Waals surface area (Å²) in [5.74, 6) is -0.00332. The van der Waals surface area contributed by atoms with Gasteiger partial charge in [-0.2, -0.15) is 0 Å². The van der Waals surface area contributed by atoms with E-state index in [9.17, 15) is 9.59 Å². The zero-order valence-corrected chi connectivity index (χ0v) is 29.3. The SMILES string of the molecule is O=C1C(C(=O)N2CCN(c3ccccc3)CC2)=CN2C3CC4OC5CCCCC5C4CC3OC3C(NCCCN4CCOCC4)C(F)CC1C32. The number of nitrogens with zero attached hydrogens (tertiary/aromatic N) is 4. The topological polar surface area (TPSA) is 86.8 Å². The number of rotatable bonds is 7. The molecule has 11 heteroatoms. The summed E-state index contributed by atoms with van der Waals surface area (Å²) in [4.78, 5) is 37.4. The van der Waals surface area contributed by atoms with Gasteiger partial charge in [0.2, 0.25) is 0 Å². The summed E-state index contributed by atoms with van der Waals surface area (Å²) in [6.07, 6.45) is 8.21. The second-order valence-corrected chi connectivity index (χ2v) is 16.1. The third-order valence-corrected chi connectivity index (χ3v) is 13.5. The minimum atomic E-state index is -1.23. The highest BCUT2D eigenvalue weighted by molar-refractivity contribution is 6.20. The molecular weight excluding hydrogens is 637 g/mol. The van der Waals surface area contributed by atoms with Crippen LogP contribution in [0.25, 0.3) is 0 Å². The number of morpholine rings is 2. The number of amides is 1. The van der Waals surface area contributed by atoms with Crippen LogP contribution in [0.15, 0.2) is 42.1 Å². The number of ketones is 1. The van der Waals surface area contributed by atoms with Crippen LogP contribution in [0.4, 0.5) is 10.1 Å². The molecule has 50 heavy (non-hydrogen) atoms. The Morgan fingerprint density at radius 3 is 2.50 bits per heavy atom. The Hall–Kier alpha value is -2.57. The first-order chi connectivity index (χ1) is 24.5. The summed E-state index contributed by atoms with van der Waals surface area (Å²) in [6.45, 7) is 7.58. The maximum absolute atomic E-state index is 16.4. The van der Waals surface area contributed by atoms with Gasteiger partial charge in [0.25, 0.3) is 5.91 Å². The number of ether oxygens (including phenoxy) is 3. The Labute approximate surface area is 295 Å². The Kier molecular flexibility index (Phi) is 9.39. The van der Waals surface area contributed by atoms with E-state index in [0.717, 1.165) is 64.2 Å². The summed E-state index contributed by atoms with van der Waals surface area (Å²) in [7, 11) is 0. The molecule has 7 fully saturated rings. The van der Waals surface area contributed by atoms with Gasteiger partial charge in [-0.1, -0.05) is 31.0 Å². The molecule has 10 nitrogen and oxygen atoms in total. The third kappa shape index (κ3) is 6.08. The van der Waals surface area contributed by atoms with Crippen molar-refractivity contribution in [2.24, 2.45) is 17.8 Å². The lowest BCUT2D eigenvalue weighted by Crippen LogP contribution is -2.73. The fourth-order valence-corrected chi connectivity index (χ4v) is 11.0. The number of para-hydroxylation sites is 1. The molecule has 4 saturated heterocycles. The fourth-order valence-electron chi connectivity index (χ4n) is 11.0. The number of fused-ring (bicyclic) bond motifs is 5. The van der Waals surface area contributed by atoms with Gasteiger partial charge in [0, 0.05) is 57.1 Å². The number of carbonyl (C=O) groups is 2. The van der Waals surface area contributed by atoms with E-state index in [-0.39, 0.29) is 48.0 Å². The van der Waals surface area contributed by atoms with Crippen molar-refractivity contribution in [3.8, 4) is 0 Å². The van der Waals surface area contributed by atoms with Crippen LogP contribution >= 0.6 is 0 Å². The summed E-state index contributed by atoms with van der Waals surface area (Å²) >= 11 is 0. The second kappa shape index (κ2) is 14.1. The van der Waals surface area contributed by atoms with E-state index in [1.54, 1.807) is 0 Å². The standard InChI is InChI=1S/C39H54FN5O5/c40-30-21-28-36-38(35(30)41-11-6-12-42-17-19-48-20-18-42)50-34-22-27-26-9-4-5-10-32(26)49-33(27)23-31(34)45(36)24-29(37(28)46)39(47)44-15-13-43(14-16-44)25-7-2-1-3-8-25/h1-3,7-8,24,26-28,30-36,38,41H,4-6,9-23H2. The molecule has 5 aliphatic heterocycles. The monoisotopic (exact) mass is 691 g/mol. The van der Waals surface area contributed by atoms with Gasteiger partial charge in [0.05, 0.1) is 61.3 Å². The molecule has 3 saturated carbocycles. The van der Waals surface area contributed by atoms with Crippen LogP contribution < -0.4 is 10.2 Å². The molecule has 1 aromatic carbocycles. The molecule has 1 aromatic rings. The first-order valence-electron chi connectivity index (χ1n) is 19.6. The molecule has 8 aliphatic rings. The number of alkyl halides is 1. The van der Waals surface area contributed by atoms with Crippen molar-refractivity contribution < 1.29 is 28.2 Å². The largest absolute Gasteiger partial charge is 0.379 e. The van der Waals surface area contributed by atoms with Crippen LogP contribution in [0.1, 0.15) is 51.4 Å². The van der Waals surface area contributed by atoms with Crippen molar-refractivity contribution >= 4 is 17.4 Å². The van der Waals surface area contributed by atoms with Crippen molar-refractivity contribution in [2.45, 2.75) is 100 Å². The number of benzene rings is 1. The van der Waals surface area contributed by atoms with Gasteiger partial charge in [-0.3, -0.25) is 14.5 Å². The van der Waals surface area contributed by atoms with E-state index in [0.29, 0.717) is 50.7 Å². The molecule has 0 spiro atoms. The van der Waals surface area contributed by atoms with E-state index in [4.69, 9.17) is 14.2 Å². The molecule has 3 aliphatic carbocycles. The molecule has 0 radical (unpaired) electrons. The highest BCUT2D eigenvalue weighted by atomic mass is 19.1. The molecule has 9 rings (SSSR count). The van der Waals surface area contributed by atoms with E-state index < -0.39 is 24.2 Å². The van der Waals surface area contributed by atoms with Crippen LogP contribution in [0.3, 0.4) is 0 Å². The van der Waals surface area contributed by atoms with Crippen LogP contribution in [0, 0.1) is 17.8 Å². The summed E-state index contributed by atoms with van der Waals surface area (Å²) < 4.78 is 35.7. The number of piperazine rings is 1. The van der Waals surface area contributed by atoms with Crippen LogP contribution in [-0.2, 0) is 23.8 Å². The Balaban J connectivity index is 0.963. The minimum absolute atomic E-state index is 0.00381. The normalized spacial score (nSPS) is 40.0.